The molecule has 0 bridgehead atoms. The van der Waals surface area contributed by atoms with Gasteiger partial charge in [-0.25, -0.2) is 4.79 Å². The summed E-state index contributed by atoms with van der Waals surface area (Å²) in [4.78, 5) is 24.6. The first kappa shape index (κ1) is 18.3. The van der Waals surface area contributed by atoms with E-state index >= 15 is 0 Å². The molecule has 0 aromatic carbocycles. The predicted octanol–water partition coefficient (Wildman–Crippen LogP) is 0.742. The second-order valence-electron chi connectivity index (χ2n) is 4.56. The van der Waals surface area contributed by atoms with Gasteiger partial charge in [-0.2, -0.15) is 0 Å². The maximum absolute atomic E-state index is 11.9. The van der Waals surface area contributed by atoms with Gasteiger partial charge in [-0.05, 0) is 18.6 Å². The van der Waals surface area contributed by atoms with E-state index in [9.17, 15) is 19.8 Å². The van der Waals surface area contributed by atoms with Crippen molar-refractivity contribution in [2.24, 2.45) is 0 Å². The zero-order chi connectivity index (χ0) is 15.9. The number of aliphatic hydroxyl groups excluding tert-OH is 2. The van der Waals surface area contributed by atoms with Gasteiger partial charge in [0, 0.05) is 16.2 Å². The maximum atomic E-state index is 11.9. The molecule has 3 N–H and O–H groups in total. The van der Waals surface area contributed by atoms with Crippen LogP contribution in [-0.4, -0.2) is 51.9 Å². The number of aryl methyl sites for hydroxylation is 1. The fraction of sp³-hybridized carbons (Fsp3) is 0.538. The Morgan fingerprint density at radius 2 is 2.05 bits per heavy atom. The largest absolute Gasteiger partial charge is 0.459 e. The van der Waals surface area contributed by atoms with E-state index in [0.29, 0.717) is 4.88 Å². The van der Waals surface area contributed by atoms with Gasteiger partial charge in [-0.1, -0.05) is 22.6 Å². The zero-order valence-electron chi connectivity index (χ0n) is 11.6. The van der Waals surface area contributed by atoms with Crippen LogP contribution >= 0.6 is 33.9 Å². The summed E-state index contributed by atoms with van der Waals surface area (Å²) < 4.78 is 6.07. The molecule has 0 fully saturated rings. The number of esters is 1. The Morgan fingerprint density at radius 1 is 1.38 bits per heavy atom. The second-order valence-corrected chi connectivity index (χ2v) is 6.81. The molecule has 6 nitrogen and oxygen atoms in total. The van der Waals surface area contributed by atoms with Gasteiger partial charge in [0.2, 0.25) is 5.91 Å². The Morgan fingerprint density at radius 3 is 2.57 bits per heavy atom. The summed E-state index contributed by atoms with van der Waals surface area (Å²) in [5.74, 6) is -0.953. The highest BCUT2D eigenvalue weighted by Gasteiger charge is 2.32. The van der Waals surface area contributed by atoms with Gasteiger partial charge < -0.3 is 20.3 Å². The van der Waals surface area contributed by atoms with E-state index in [1.54, 1.807) is 6.07 Å². The Hall–Kier alpha value is -0.710. The molecule has 0 aliphatic carbocycles. The van der Waals surface area contributed by atoms with Crippen LogP contribution in [0.5, 0.6) is 0 Å². The van der Waals surface area contributed by atoms with E-state index in [4.69, 9.17) is 4.74 Å². The number of hydrogen-bond acceptors (Lipinski definition) is 6. The van der Waals surface area contributed by atoms with Crippen molar-refractivity contribution in [2.45, 2.75) is 18.9 Å². The fourth-order valence-electron chi connectivity index (χ4n) is 1.62. The average molecular weight is 427 g/mol. The Labute approximate surface area is 140 Å². The third-order valence-electron chi connectivity index (χ3n) is 2.73. The third-order valence-corrected chi connectivity index (χ3v) is 4.39. The molecular weight excluding hydrogens is 409 g/mol. The van der Waals surface area contributed by atoms with E-state index in [1.807, 2.05) is 6.07 Å². The summed E-state index contributed by atoms with van der Waals surface area (Å²) in [6.07, 6.45) is 0.890. The van der Waals surface area contributed by atoms with E-state index in [-0.39, 0.29) is 6.61 Å². The molecule has 0 spiro atoms. The molecule has 0 atom stereocenters. The van der Waals surface area contributed by atoms with Crippen LogP contribution in [0.15, 0.2) is 12.1 Å². The summed E-state index contributed by atoms with van der Waals surface area (Å²) in [7, 11) is 0. The molecular formula is C13H18INO5S. The number of halogens is 1. The second kappa shape index (κ2) is 8.66. The Bertz CT molecular complexity index is 487. The minimum absolute atomic E-state index is 0.294. The third kappa shape index (κ3) is 5.53. The van der Waals surface area contributed by atoms with Crippen molar-refractivity contribution in [3.63, 3.8) is 0 Å². The number of rotatable bonds is 8. The Kier molecular flexibility index (Phi) is 7.57. The summed E-state index contributed by atoms with van der Waals surface area (Å²) in [5, 5.41) is 21.0. The van der Waals surface area contributed by atoms with Gasteiger partial charge in [0.25, 0.3) is 0 Å². The topological polar surface area (TPSA) is 95.9 Å². The molecule has 0 saturated heterocycles. The van der Waals surface area contributed by atoms with Crippen LogP contribution in [0.25, 0.3) is 0 Å². The smallest absolute Gasteiger partial charge is 0.348 e. The first-order valence-electron chi connectivity index (χ1n) is 6.28. The minimum atomic E-state index is -1.36. The lowest BCUT2D eigenvalue weighted by molar-refractivity contribution is -0.123. The highest BCUT2D eigenvalue weighted by Crippen LogP contribution is 2.19. The molecule has 0 radical (unpaired) electrons. The van der Waals surface area contributed by atoms with Crippen LogP contribution in [0.1, 0.15) is 21.5 Å². The van der Waals surface area contributed by atoms with Gasteiger partial charge in [0.15, 0.2) is 0 Å². The number of nitrogens with one attached hydrogen (secondary N) is 1. The van der Waals surface area contributed by atoms with E-state index < -0.39 is 30.6 Å². The number of ether oxygens (including phenoxy) is 1. The number of thiophene rings is 1. The Balaban J connectivity index is 2.65. The van der Waals surface area contributed by atoms with Crippen molar-refractivity contribution in [1.82, 2.24) is 5.32 Å². The van der Waals surface area contributed by atoms with E-state index in [1.165, 1.54) is 18.3 Å². The predicted molar refractivity (Wildman–Crippen MR) is 87.9 cm³/mol. The number of alkyl halides is 1. The molecule has 1 amide bonds. The van der Waals surface area contributed by atoms with Crippen LogP contribution in [0.4, 0.5) is 0 Å². The first-order valence-corrected chi connectivity index (χ1v) is 8.63. The van der Waals surface area contributed by atoms with Crippen LogP contribution in [0.3, 0.4) is 0 Å². The lowest BCUT2D eigenvalue weighted by Crippen LogP contribution is -2.57. The van der Waals surface area contributed by atoms with Gasteiger partial charge >= 0.3 is 5.97 Å². The fourth-order valence-corrected chi connectivity index (χ4v) is 3.47. The van der Waals surface area contributed by atoms with Crippen molar-refractivity contribution in [2.75, 3.05) is 24.2 Å². The summed E-state index contributed by atoms with van der Waals surface area (Å²) >= 11 is 3.61. The number of amides is 1. The molecule has 1 rings (SSSR count). The van der Waals surface area contributed by atoms with Crippen molar-refractivity contribution >= 4 is 45.8 Å². The van der Waals surface area contributed by atoms with Crippen molar-refractivity contribution in [3.05, 3.63) is 21.9 Å². The number of aliphatic hydroxyl groups is 2. The molecule has 0 aliphatic heterocycles. The van der Waals surface area contributed by atoms with Gasteiger partial charge in [-0.3, -0.25) is 4.79 Å². The SMILES string of the molecule is CC(=O)NC(CO)(CO)COC(=O)c1ccc(CCI)s1. The van der Waals surface area contributed by atoms with E-state index in [2.05, 4.69) is 27.9 Å². The van der Waals surface area contributed by atoms with E-state index in [0.717, 1.165) is 15.7 Å². The van der Waals surface area contributed by atoms with Crippen molar-refractivity contribution in [1.29, 1.82) is 0 Å². The minimum Gasteiger partial charge on any atom is -0.459 e. The zero-order valence-corrected chi connectivity index (χ0v) is 14.6. The molecule has 0 unspecified atom stereocenters. The van der Waals surface area contributed by atoms with Gasteiger partial charge in [-0.15, -0.1) is 11.3 Å². The summed E-state index contributed by atoms with van der Waals surface area (Å²) in [6.45, 7) is -0.0861. The lowest BCUT2D eigenvalue weighted by Gasteiger charge is -2.29. The molecule has 1 aromatic rings. The standard InChI is InChI=1S/C13H18INO5S/c1-9(18)15-13(6-16,7-17)8-20-12(19)11-3-2-10(21-11)4-5-14/h2-3,16-17H,4-8H2,1H3,(H,15,18). The van der Waals surface area contributed by atoms with Crippen molar-refractivity contribution < 1.29 is 24.5 Å². The van der Waals surface area contributed by atoms with Crippen LogP contribution in [-0.2, 0) is 16.0 Å². The molecule has 0 saturated carbocycles. The molecule has 118 valence electrons. The normalized spacial score (nSPS) is 11.2. The van der Waals surface area contributed by atoms with Crippen LogP contribution < -0.4 is 5.32 Å². The highest BCUT2D eigenvalue weighted by molar-refractivity contribution is 14.1. The molecule has 8 heteroatoms. The summed E-state index contributed by atoms with van der Waals surface area (Å²) in [6, 6.07) is 3.56. The van der Waals surface area contributed by atoms with Gasteiger partial charge in [0.05, 0.1) is 13.2 Å². The maximum Gasteiger partial charge on any atom is 0.348 e. The highest BCUT2D eigenvalue weighted by atomic mass is 127. The molecule has 21 heavy (non-hydrogen) atoms. The summed E-state index contributed by atoms with van der Waals surface area (Å²) in [5.41, 5.74) is -1.36. The monoisotopic (exact) mass is 427 g/mol. The first-order chi connectivity index (χ1) is 9.96. The van der Waals surface area contributed by atoms with Gasteiger partial charge in [0.1, 0.15) is 17.0 Å². The molecule has 1 heterocycles. The van der Waals surface area contributed by atoms with Crippen LogP contribution in [0.2, 0.25) is 0 Å². The lowest BCUT2D eigenvalue weighted by atomic mass is 10.0. The quantitative estimate of drug-likeness (QED) is 0.323. The number of carbonyl (C=O) groups is 2. The number of carbonyl (C=O) groups excluding carboxylic acids is 2. The number of hydrogen-bond donors (Lipinski definition) is 3. The average Bonchev–Trinajstić information content (AvgIpc) is 2.92. The molecule has 0 aliphatic rings. The molecule has 1 aromatic heterocycles. The van der Waals surface area contributed by atoms with Crippen molar-refractivity contribution in [3.8, 4) is 0 Å². The van der Waals surface area contributed by atoms with Crippen LogP contribution in [0, 0.1) is 0 Å².